The van der Waals surface area contributed by atoms with Gasteiger partial charge in [0.2, 0.25) is 5.91 Å². The fourth-order valence-electron chi connectivity index (χ4n) is 1.31. The molecule has 0 aliphatic heterocycles. The van der Waals surface area contributed by atoms with Gasteiger partial charge in [0.15, 0.2) is 0 Å². The van der Waals surface area contributed by atoms with Gasteiger partial charge in [-0.3, -0.25) is 4.79 Å². The van der Waals surface area contributed by atoms with Gasteiger partial charge in [-0.2, -0.15) is 0 Å². The smallest absolute Gasteiger partial charge is 0.265 e. The number of aliphatic hydroxyl groups is 1. The van der Waals surface area contributed by atoms with Crippen LogP contribution >= 0.6 is 0 Å². The average molecular weight is 273 g/mol. The van der Waals surface area contributed by atoms with E-state index in [1.807, 2.05) is 30.3 Å². The molecule has 6 heteroatoms. The minimum absolute atomic E-state index is 0.257. The standard InChI is InChI=1S/C13H17F2NO3/c1-9(13(18)16-7-11(17)12(14)15)19-8-10-5-3-2-4-6-10/h2-6,9,11-12,17H,7-8H2,1H3,(H,16,18). The van der Waals surface area contributed by atoms with Crippen LogP contribution in [0.15, 0.2) is 30.3 Å². The normalized spacial score (nSPS) is 14.2. The summed E-state index contributed by atoms with van der Waals surface area (Å²) in [5.41, 5.74) is 0.912. The maximum atomic E-state index is 12.0. The van der Waals surface area contributed by atoms with Crippen molar-refractivity contribution in [2.75, 3.05) is 6.54 Å². The van der Waals surface area contributed by atoms with E-state index in [1.165, 1.54) is 6.92 Å². The number of ether oxygens (including phenoxy) is 1. The number of hydrogen-bond donors (Lipinski definition) is 2. The van der Waals surface area contributed by atoms with Crippen molar-refractivity contribution < 1.29 is 23.4 Å². The Bertz CT molecular complexity index is 387. The van der Waals surface area contributed by atoms with Crippen molar-refractivity contribution in [1.82, 2.24) is 5.32 Å². The number of aliphatic hydroxyl groups excluding tert-OH is 1. The third-order valence-corrected chi connectivity index (χ3v) is 2.49. The van der Waals surface area contributed by atoms with Crippen LogP contribution in [-0.2, 0) is 16.1 Å². The Labute approximate surface area is 110 Å². The zero-order chi connectivity index (χ0) is 14.3. The Morgan fingerprint density at radius 3 is 2.58 bits per heavy atom. The van der Waals surface area contributed by atoms with Gasteiger partial charge in [-0.1, -0.05) is 30.3 Å². The monoisotopic (exact) mass is 273 g/mol. The summed E-state index contributed by atoms with van der Waals surface area (Å²) < 4.78 is 29.3. The Morgan fingerprint density at radius 2 is 2.00 bits per heavy atom. The van der Waals surface area contributed by atoms with Crippen molar-refractivity contribution in [2.24, 2.45) is 0 Å². The molecule has 0 spiro atoms. The SMILES string of the molecule is CC(OCc1ccccc1)C(=O)NCC(O)C(F)F. The van der Waals surface area contributed by atoms with Crippen LogP contribution in [0.2, 0.25) is 0 Å². The summed E-state index contributed by atoms with van der Waals surface area (Å²) >= 11 is 0. The first-order valence-electron chi connectivity index (χ1n) is 5.90. The Balaban J connectivity index is 2.29. The van der Waals surface area contributed by atoms with E-state index in [1.54, 1.807) is 0 Å². The molecule has 0 aromatic heterocycles. The molecule has 0 radical (unpaired) electrons. The lowest BCUT2D eigenvalue weighted by Gasteiger charge is -2.15. The van der Waals surface area contributed by atoms with Gasteiger partial charge in [-0.05, 0) is 12.5 Å². The average Bonchev–Trinajstić information content (AvgIpc) is 2.42. The van der Waals surface area contributed by atoms with Crippen LogP contribution in [0.3, 0.4) is 0 Å². The number of rotatable bonds is 7. The number of amides is 1. The van der Waals surface area contributed by atoms with Crippen molar-refractivity contribution in [1.29, 1.82) is 0 Å². The second-order valence-electron chi connectivity index (χ2n) is 4.09. The van der Waals surface area contributed by atoms with Gasteiger partial charge in [0.25, 0.3) is 6.43 Å². The van der Waals surface area contributed by atoms with E-state index in [9.17, 15) is 13.6 Å². The minimum atomic E-state index is -2.87. The van der Waals surface area contributed by atoms with E-state index < -0.39 is 31.1 Å². The molecule has 1 amide bonds. The van der Waals surface area contributed by atoms with Crippen LogP contribution in [0.1, 0.15) is 12.5 Å². The first-order chi connectivity index (χ1) is 9.00. The molecule has 19 heavy (non-hydrogen) atoms. The first kappa shape index (κ1) is 15.5. The van der Waals surface area contributed by atoms with Crippen molar-refractivity contribution in [2.45, 2.75) is 32.2 Å². The summed E-state index contributed by atoms with van der Waals surface area (Å²) in [6, 6.07) is 9.27. The van der Waals surface area contributed by atoms with Crippen LogP contribution in [0.25, 0.3) is 0 Å². The Kier molecular flexibility index (Phi) is 6.38. The fourth-order valence-corrected chi connectivity index (χ4v) is 1.31. The zero-order valence-electron chi connectivity index (χ0n) is 10.6. The highest BCUT2D eigenvalue weighted by Crippen LogP contribution is 2.04. The van der Waals surface area contributed by atoms with Gasteiger partial charge in [0.05, 0.1) is 6.61 Å². The predicted octanol–water partition coefficient (Wildman–Crippen LogP) is 1.33. The summed E-state index contributed by atoms with van der Waals surface area (Å²) in [7, 11) is 0. The number of carbonyl (C=O) groups is 1. The second-order valence-corrected chi connectivity index (χ2v) is 4.09. The lowest BCUT2D eigenvalue weighted by molar-refractivity contribution is -0.133. The predicted molar refractivity (Wildman–Crippen MR) is 65.7 cm³/mol. The maximum Gasteiger partial charge on any atom is 0.265 e. The van der Waals surface area contributed by atoms with E-state index in [4.69, 9.17) is 9.84 Å². The molecule has 0 aliphatic carbocycles. The lowest BCUT2D eigenvalue weighted by atomic mass is 10.2. The quantitative estimate of drug-likeness (QED) is 0.788. The molecule has 0 fully saturated rings. The number of nitrogens with one attached hydrogen (secondary N) is 1. The highest BCUT2D eigenvalue weighted by atomic mass is 19.3. The maximum absolute atomic E-state index is 12.0. The molecule has 2 atom stereocenters. The lowest BCUT2D eigenvalue weighted by Crippen LogP contribution is -2.41. The van der Waals surface area contributed by atoms with Crippen LogP contribution in [-0.4, -0.2) is 36.2 Å². The number of alkyl halides is 2. The van der Waals surface area contributed by atoms with Gasteiger partial charge in [0, 0.05) is 6.54 Å². The van der Waals surface area contributed by atoms with Crippen molar-refractivity contribution in [3.8, 4) is 0 Å². The van der Waals surface area contributed by atoms with Crippen molar-refractivity contribution in [3.63, 3.8) is 0 Å². The molecule has 0 heterocycles. The molecule has 4 nitrogen and oxygen atoms in total. The molecule has 0 saturated carbocycles. The van der Waals surface area contributed by atoms with Crippen LogP contribution in [0.4, 0.5) is 8.78 Å². The highest BCUT2D eigenvalue weighted by Gasteiger charge is 2.19. The molecular formula is C13H17F2NO3. The summed E-state index contributed by atoms with van der Waals surface area (Å²) in [6.07, 6.45) is -5.50. The molecule has 1 aromatic carbocycles. The topological polar surface area (TPSA) is 58.6 Å². The van der Waals surface area contributed by atoms with Gasteiger partial charge in [-0.15, -0.1) is 0 Å². The first-order valence-corrected chi connectivity index (χ1v) is 5.90. The third-order valence-electron chi connectivity index (χ3n) is 2.49. The number of hydrogen-bond acceptors (Lipinski definition) is 3. The van der Waals surface area contributed by atoms with E-state index in [-0.39, 0.29) is 6.61 Å². The third kappa shape index (κ3) is 5.76. The molecular weight excluding hydrogens is 256 g/mol. The van der Waals surface area contributed by atoms with Gasteiger partial charge in [0.1, 0.15) is 12.2 Å². The van der Waals surface area contributed by atoms with E-state index in [2.05, 4.69) is 5.32 Å². The zero-order valence-corrected chi connectivity index (χ0v) is 10.6. The number of carbonyl (C=O) groups excluding carboxylic acids is 1. The molecule has 0 bridgehead atoms. The molecule has 1 aromatic rings. The molecule has 106 valence electrons. The summed E-state index contributed by atoms with van der Waals surface area (Å²) in [5, 5.41) is 11.1. The fraction of sp³-hybridized carbons (Fsp3) is 0.462. The van der Waals surface area contributed by atoms with Gasteiger partial charge >= 0.3 is 0 Å². The Hall–Kier alpha value is -1.53. The summed E-state index contributed by atoms with van der Waals surface area (Å²) in [5.74, 6) is -0.532. The van der Waals surface area contributed by atoms with E-state index in [0.29, 0.717) is 0 Å². The largest absolute Gasteiger partial charge is 0.385 e. The van der Waals surface area contributed by atoms with Gasteiger partial charge < -0.3 is 15.2 Å². The highest BCUT2D eigenvalue weighted by molar-refractivity contribution is 5.80. The van der Waals surface area contributed by atoms with E-state index >= 15 is 0 Å². The number of halogens is 2. The molecule has 2 N–H and O–H groups in total. The molecule has 0 saturated heterocycles. The van der Waals surface area contributed by atoms with Crippen LogP contribution < -0.4 is 5.32 Å². The van der Waals surface area contributed by atoms with Gasteiger partial charge in [-0.25, -0.2) is 8.78 Å². The van der Waals surface area contributed by atoms with Crippen LogP contribution in [0, 0.1) is 0 Å². The molecule has 0 aliphatic rings. The van der Waals surface area contributed by atoms with E-state index in [0.717, 1.165) is 5.56 Å². The molecule has 1 rings (SSSR count). The van der Waals surface area contributed by atoms with Crippen LogP contribution in [0.5, 0.6) is 0 Å². The number of benzene rings is 1. The summed E-state index contributed by atoms with van der Waals surface area (Å²) in [4.78, 5) is 11.5. The van der Waals surface area contributed by atoms with Crippen molar-refractivity contribution >= 4 is 5.91 Å². The van der Waals surface area contributed by atoms with Crippen molar-refractivity contribution in [3.05, 3.63) is 35.9 Å². The minimum Gasteiger partial charge on any atom is -0.385 e. The second kappa shape index (κ2) is 7.81. The molecule has 2 unspecified atom stereocenters. The Morgan fingerprint density at radius 1 is 1.37 bits per heavy atom. The summed E-state index contributed by atoms with van der Waals surface area (Å²) in [6.45, 7) is 1.29.